The Balaban J connectivity index is 2.36. The molecule has 2 rings (SSSR count). The van der Waals surface area contributed by atoms with Crippen molar-refractivity contribution in [2.24, 2.45) is 0 Å². The molecule has 0 fully saturated rings. The molecule has 1 heterocycles. The number of fused-ring (bicyclic) bond motifs is 1. The summed E-state index contributed by atoms with van der Waals surface area (Å²) in [4.78, 5) is 24.6. The van der Waals surface area contributed by atoms with E-state index in [2.05, 4.69) is 11.6 Å². The Hall–Kier alpha value is -2.30. The van der Waals surface area contributed by atoms with Crippen LogP contribution in [0.1, 0.15) is 6.92 Å². The van der Waals surface area contributed by atoms with Crippen LogP contribution in [0.2, 0.25) is 0 Å². The van der Waals surface area contributed by atoms with E-state index >= 15 is 0 Å². The lowest BCUT2D eigenvalue weighted by Gasteiger charge is -2.02. The molecule has 1 aromatic carbocycles. The summed E-state index contributed by atoms with van der Waals surface area (Å²) in [5.74, 6) is -0.751. The van der Waals surface area contributed by atoms with Crippen molar-refractivity contribution in [2.75, 3.05) is 0 Å². The molecule has 0 spiro atoms. The molecule has 0 aliphatic heterocycles. The maximum absolute atomic E-state index is 11.2. The largest absolute Gasteiger partial charge is 0.423 e. The van der Waals surface area contributed by atoms with Crippen molar-refractivity contribution >= 4 is 17.1 Å². The fourth-order valence-corrected chi connectivity index (χ4v) is 1.18. The number of carbonyl (C=O) groups excluding carboxylic acids is 1. The van der Waals surface area contributed by atoms with Crippen LogP contribution in [0, 0.1) is 0 Å². The number of esters is 1. The average molecular weight is 219 g/mol. The zero-order valence-electron chi connectivity index (χ0n) is 8.57. The lowest BCUT2D eigenvalue weighted by atomic mass is 10.3. The van der Waals surface area contributed by atoms with Gasteiger partial charge in [0.25, 0.3) is 0 Å². The molecule has 82 valence electrons. The third-order valence-electron chi connectivity index (χ3n) is 1.95. The van der Waals surface area contributed by atoms with E-state index in [-0.39, 0.29) is 0 Å². The zero-order chi connectivity index (χ0) is 11.7. The maximum Gasteiger partial charge on any atom is 0.417 e. The van der Waals surface area contributed by atoms with Crippen molar-refractivity contribution < 1.29 is 13.9 Å². The Bertz CT molecular complexity index is 620. The summed E-state index contributed by atoms with van der Waals surface area (Å²) < 4.78 is 9.80. The number of nitrogens with one attached hydrogen (secondary N) is 1. The summed E-state index contributed by atoms with van der Waals surface area (Å²) in [5.41, 5.74) is 1.20. The molecule has 0 unspecified atom stereocenters. The first-order valence-electron chi connectivity index (χ1n) is 4.57. The highest BCUT2D eigenvalue weighted by atomic mass is 16.5. The van der Waals surface area contributed by atoms with Crippen molar-refractivity contribution in [3.63, 3.8) is 0 Å². The highest BCUT2D eigenvalue weighted by Gasteiger charge is 2.07. The van der Waals surface area contributed by atoms with Crippen molar-refractivity contribution in [3.05, 3.63) is 40.9 Å². The summed E-state index contributed by atoms with van der Waals surface area (Å²) >= 11 is 0. The number of oxazole rings is 1. The van der Waals surface area contributed by atoms with Crippen LogP contribution in [0.3, 0.4) is 0 Å². The number of aromatic nitrogens is 1. The van der Waals surface area contributed by atoms with Crippen LogP contribution in [-0.4, -0.2) is 11.0 Å². The molecule has 0 aliphatic carbocycles. The Morgan fingerprint density at radius 1 is 1.50 bits per heavy atom. The highest BCUT2D eigenvalue weighted by molar-refractivity contribution is 5.89. The van der Waals surface area contributed by atoms with E-state index in [4.69, 9.17) is 9.15 Å². The fourth-order valence-electron chi connectivity index (χ4n) is 1.18. The normalized spacial score (nSPS) is 10.3. The third-order valence-corrected chi connectivity index (χ3v) is 1.95. The molecule has 0 atom stereocenters. The van der Waals surface area contributed by atoms with E-state index in [0.717, 1.165) is 0 Å². The number of aromatic amines is 1. The number of H-pyrrole nitrogens is 1. The molecule has 0 aliphatic rings. The molecule has 16 heavy (non-hydrogen) atoms. The number of benzene rings is 1. The molecule has 2 aromatic rings. The summed E-state index contributed by atoms with van der Waals surface area (Å²) in [7, 11) is 0. The Morgan fingerprint density at radius 3 is 2.94 bits per heavy atom. The quantitative estimate of drug-likeness (QED) is 0.473. The lowest BCUT2D eigenvalue weighted by Crippen LogP contribution is -2.07. The summed E-state index contributed by atoms with van der Waals surface area (Å²) in [6, 6.07) is 4.63. The smallest absolute Gasteiger partial charge is 0.417 e. The average Bonchev–Trinajstić information content (AvgIpc) is 2.57. The second-order valence-electron chi connectivity index (χ2n) is 3.34. The fraction of sp³-hybridized carbons (Fsp3) is 0.0909. The van der Waals surface area contributed by atoms with Gasteiger partial charge in [0.15, 0.2) is 5.58 Å². The van der Waals surface area contributed by atoms with Gasteiger partial charge in [-0.25, -0.2) is 9.59 Å². The predicted octanol–water partition coefficient (Wildman–Crippen LogP) is 1.60. The van der Waals surface area contributed by atoms with E-state index in [1.165, 1.54) is 6.07 Å². The van der Waals surface area contributed by atoms with Gasteiger partial charge in [-0.1, -0.05) is 6.58 Å². The molecule has 0 bridgehead atoms. The molecule has 0 saturated heterocycles. The van der Waals surface area contributed by atoms with Crippen LogP contribution < -0.4 is 10.5 Å². The molecule has 0 radical (unpaired) electrons. The minimum absolute atomic E-state index is 0.301. The van der Waals surface area contributed by atoms with Gasteiger partial charge >= 0.3 is 11.7 Å². The van der Waals surface area contributed by atoms with E-state index in [0.29, 0.717) is 22.4 Å². The first-order valence-corrected chi connectivity index (χ1v) is 4.57. The number of rotatable bonds is 2. The molecule has 5 nitrogen and oxygen atoms in total. The van der Waals surface area contributed by atoms with Gasteiger partial charge in [0, 0.05) is 11.6 Å². The van der Waals surface area contributed by atoms with Crippen molar-refractivity contribution in [3.8, 4) is 5.75 Å². The van der Waals surface area contributed by atoms with Gasteiger partial charge in [-0.3, -0.25) is 4.98 Å². The third kappa shape index (κ3) is 1.88. The number of carbonyl (C=O) groups is 1. The summed E-state index contributed by atoms with van der Waals surface area (Å²) in [6.07, 6.45) is 0. The number of ether oxygens (including phenoxy) is 1. The standard InChI is InChI=1S/C11H9NO4/c1-6(2)10(13)15-7-3-4-8-9(5-7)16-11(14)12-8/h3-5H,1H2,2H3,(H,12,14). The van der Waals surface area contributed by atoms with Gasteiger partial charge in [0.2, 0.25) is 0 Å². The molecule has 1 N–H and O–H groups in total. The summed E-state index contributed by atoms with van der Waals surface area (Å²) in [5, 5.41) is 0. The van der Waals surface area contributed by atoms with Crippen molar-refractivity contribution in [1.82, 2.24) is 4.98 Å². The Morgan fingerprint density at radius 2 is 2.25 bits per heavy atom. The van der Waals surface area contributed by atoms with Gasteiger partial charge in [0.05, 0.1) is 5.52 Å². The summed E-state index contributed by atoms with van der Waals surface area (Å²) in [6.45, 7) is 5.02. The van der Waals surface area contributed by atoms with Crippen LogP contribution in [0.15, 0.2) is 39.6 Å². The second kappa shape index (κ2) is 3.69. The topological polar surface area (TPSA) is 72.3 Å². The molecule has 5 heteroatoms. The van der Waals surface area contributed by atoms with Crippen LogP contribution >= 0.6 is 0 Å². The molecule has 1 aromatic heterocycles. The Labute approximate surface area is 90.3 Å². The van der Waals surface area contributed by atoms with Gasteiger partial charge < -0.3 is 9.15 Å². The maximum atomic E-state index is 11.2. The monoisotopic (exact) mass is 219 g/mol. The van der Waals surface area contributed by atoms with E-state index < -0.39 is 11.7 Å². The van der Waals surface area contributed by atoms with E-state index in [9.17, 15) is 9.59 Å². The van der Waals surface area contributed by atoms with Gasteiger partial charge in [-0.05, 0) is 19.1 Å². The Kier molecular flexibility index (Phi) is 2.36. The van der Waals surface area contributed by atoms with Gasteiger partial charge in [0.1, 0.15) is 5.75 Å². The lowest BCUT2D eigenvalue weighted by molar-refractivity contribution is -0.130. The number of hydrogen-bond donors (Lipinski definition) is 1. The minimum atomic E-state index is -0.543. The molecule has 0 saturated carbocycles. The van der Waals surface area contributed by atoms with Gasteiger partial charge in [-0.2, -0.15) is 0 Å². The van der Waals surface area contributed by atoms with E-state index in [1.807, 2.05) is 0 Å². The predicted molar refractivity (Wildman–Crippen MR) is 57.3 cm³/mol. The van der Waals surface area contributed by atoms with Crippen molar-refractivity contribution in [2.45, 2.75) is 6.92 Å². The first kappa shape index (κ1) is 10.2. The van der Waals surface area contributed by atoms with Crippen LogP contribution in [0.5, 0.6) is 5.75 Å². The first-order chi connectivity index (χ1) is 7.56. The molecular weight excluding hydrogens is 210 g/mol. The zero-order valence-corrected chi connectivity index (χ0v) is 8.57. The minimum Gasteiger partial charge on any atom is -0.423 e. The molecular formula is C11H9NO4. The molecule has 0 amide bonds. The van der Waals surface area contributed by atoms with Crippen molar-refractivity contribution in [1.29, 1.82) is 0 Å². The highest BCUT2D eigenvalue weighted by Crippen LogP contribution is 2.18. The van der Waals surface area contributed by atoms with Crippen LogP contribution in [-0.2, 0) is 4.79 Å². The SMILES string of the molecule is C=C(C)C(=O)Oc1ccc2[nH]c(=O)oc2c1. The van der Waals surface area contributed by atoms with Crippen LogP contribution in [0.4, 0.5) is 0 Å². The van der Waals surface area contributed by atoms with E-state index in [1.54, 1.807) is 19.1 Å². The second-order valence-corrected chi connectivity index (χ2v) is 3.34. The number of hydrogen-bond acceptors (Lipinski definition) is 4. The van der Waals surface area contributed by atoms with Crippen LogP contribution in [0.25, 0.3) is 11.1 Å². The van der Waals surface area contributed by atoms with Gasteiger partial charge in [-0.15, -0.1) is 0 Å².